The molecule has 0 saturated heterocycles. The van der Waals surface area contributed by atoms with Crippen molar-refractivity contribution >= 4 is 51.2 Å². The van der Waals surface area contributed by atoms with Gasteiger partial charge in [0.1, 0.15) is 0 Å². The summed E-state index contributed by atoms with van der Waals surface area (Å²) in [5, 5.41) is 9.61. The summed E-state index contributed by atoms with van der Waals surface area (Å²) in [5.41, 5.74) is 0.885. The number of nitrogens with one attached hydrogen (secondary N) is 1. The van der Waals surface area contributed by atoms with Crippen molar-refractivity contribution in [3.05, 3.63) is 61.0 Å². The second-order valence-electron chi connectivity index (χ2n) is 4.37. The van der Waals surface area contributed by atoms with Gasteiger partial charge in [0, 0.05) is 3.57 Å². The van der Waals surface area contributed by atoms with Crippen LogP contribution in [0.25, 0.3) is 16.7 Å². The van der Waals surface area contributed by atoms with Crippen LogP contribution in [0.3, 0.4) is 0 Å². The minimum atomic E-state index is -1.09. The molecule has 2 N–H and O–H groups in total. The van der Waals surface area contributed by atoms with E-state index in [9.17, 15) is 14.7 Å². The topological polar surface area (TPSA) is 75.1 Å². The number of halogens is 2. The second kappa shape index (κ2) is 5.19. The molecule has 5 nitrogen and oxygen atoms in total. The van der Waals surface area contributed by atoms with Crippen molar-refractivity contribution < 1.29 is 9.90 Å². The van der Waals surface area contributed by atoms with Gasteiger partial charge >= 0.3 is 11.7 Å². The van der Waals surface area contributed by atoms with Crippen molar-refractivity contribution in [1.82, 2.24) is 9.55 Å². The minimum Gasteiger partial charge on any atom is -0.478 e. The smallest absolute Gasteiger partial charge is 0.337 e. The van der Waals surface area contributed by atoms with E-state index in [0.29, 0.717) is 16.2 Å². The Bertz CT molecular complexity index is 930. The van der Waals surface area contributed by atoms with Crippen LogP contribution in [0, 0.1) is 3.57 Å². The summed E-state index contributed by atoms with van der Waals surface area (Å²) in [6.07, 6.45) is 0. The zero-order valence-corrected chi connectivity index (χ0v) is 13.3. The molecular formula is C14H8ClIN2O3. The first-order valence-electron chi connectivity index (χ1n) is 5.91. The summed E-state index contributed by atoms with van der Waals surface area (Å²) >= 11 is 8.32. The summed E-state index contributed by atoms with van der Waals surface area (Å²) in [4.78, 5) is 26.0. The quantitative estimate of drug-likeness (QED) is 0.632. The van der Waals surface area contributed by atoms with E-state index in [1.807, 2.05) is 6.07 Å². The SMILES string of the molecule is O=C(O)c1cccc2c1[nH]c(=O)n2-c1ccc(I)cc1Cl. The van der Waals surface area contributed by atoms with E-state index in [2.05, 4.69) is 27.6 Å². The van der Waals surface area contributed by atoms with Crippen molar-refractivity contribution in [3.8, 4) is 5.69 Å². The fourth-order valence-corrected chi connectivity index (χ4v) is 3.15. The van der Waals surface area contributed by atoms with Gasteiger partial charge in [0.15, 0.2) is 0 Å². The number of carboxylic acid groups (broad SMARTS) is 1. The molecule has 0 radical (unpaired) electrons. The highest BCUT2D eigenvalue weighted by atomic mass is 127. The number of rotatable bonds is 2. The average molecular weight is 415 g/mol. The van der Waals surface area contributed by atoms with Crippen molar-refractivity contribution in [2.45, 2.75) is 0 Å². The number of hydrogen-bond acceptors (Lipinski definition) is 2. The summed E-state index contributed by atoms with van der Waals surface area (Å²) in [6, 6.07) is 10.0. The normalized spacial score (nSPS) is 11.0. The zero-order chi connectivity index (χ0) is 15.1. The number of aromatic amines is 1. The molecule has 0 bridgehead atoms. The average Bonchev–Trinajstić information content (AvgIpc) is 2.74. The second-order valence-corrected chi connectivity index (χ2v) is 6.02. The van der Waals surface area contributed by atoms with E-state index in [4.69, 9.17) is 11.6 Å². The molecule has 0 atom stereocenters. The van der Waals surface area contributed by atoms with Crippen molar-refractivity contribution in [3.63, 3.8) is 0 Å². The summed E-state index contributed by atoms with van der Waals surface area (Å²) in [7, 11) is 0. The molecule has 0 amide bonds. The number of imidazole rings is 1. The van der Waals surface area contributed by atoms with Gasteiger partial charge in [-0.15, -0.1) is 0 Å². The molecule has 0 unspecified atom stereocenters. The highest BCUT2D eigenvalue weighted by Gasteiger charge is 2.16. The Morgan fingerprint density at radius 1 is 1.29 bits per heavy atom. The predicted molar refractivity (Wildman–Crippen MR) is 88.6 cm³/mol. The third-order valence-electron chi connectivity index (χ3n) is 3.10. The van der Waals surface area contributed by atoms with Gasteiger partial charge in [-0.2, -0.15) is 0 Å². The third-order valence-corrected chi connectivity index (χ3v) is 4.07. The summed E-state index contributed by atoms with van der Waals surface area (Å²) in [5.74, 6) is -1.09. The maximum atomic E-state index is 12.2. The van der Waals surface area contributed by atoms with E-state index in [-0.39, 0.29) is 11.1 Å². The van der Waals surface area contributed by atoms with Crippen molar-refractivity contribution in [2.75, 3.05) is 0 Å². The largest absolute Gasteiger partial charge is 0.478 e. The summed E-state index contributed by atoms with van der Waals surface area (Å²) < 4.78 is 2.32. The van der Waals surface area contributed by atoms with Gasteiger partial charge < -0.3 is 10.1 Å². The van der Waals surface area contributed by atoms with E-state index >= 15 is 0 Å². The minimum absolute atomic E-state index is 0.0463. The molecule has 0 fully saturated rings. The molecule has 1 heterocycles. The first-order chi connectivity index (χ1) is 9.99. The van der Waals surface area contributed by atoms with Gasteiger partial charge in [-0.05, 0) is 52.9 Å². The van der Waals surface area contributed by atoms with Gasteiger partial charge in [-0.25, -0.2) is 9.59 Å². The van der Waals surface area contributed by atoms with Crippen molar-refractivity contribution in [1.29, 1.82) is 0 Å². The van der Waals surface area contributed by atoms with Crippen LogP contribution in [0.5, 0.6) is 0 Å². The van der Waals surface area contributed by atoms with E-state index in [1.165, 1.54) is 10.6 Å². The standard InChI is InChI=1S/C14H8ClIN2O3/c15-9-6-7(16)4-5-10(9)18-11-3-1-2-8(13(19)20)12(11)17-14(18)21/h1-6H,(H,17,21)(H,19,20). The first kappa shape index (κ1) is 14.2. The van der Waals surface area contributed by atoms with Crippen LogP contribution in [-0.4, -0.2) is 20.6 Å². The maximum Gasteiger partial charge on any atom is 0.337 e. The monoisotopic (exact) mass is 414 g/mol. The molecule has 21 heavy (non-hydrogen) atoms. The Hall–Kier alpha value is -1.80. The molecule has 7 heteroatoms. The summed E-state index contributed by atoms with van der Waals surface area (Å²) in [6.45, 7) is 0. The van der Waals surface area contributed by atoms with E-state index in [1.54, 1.807) is 24.3 Å². The van der Waals surface area contributed by atoms with Crippen LogP contribution in [0.15, 0.2) is 41.2 Å². The van der Waals surface area contributed by atoms with Crippen LogP contribution >= 0.6 is 34.2 Å². The Morgan fingerprint density at radius 2 is 2.05 bits per heavy atom. The lowest BCUT2D eigenvalue weighted by molar-refractivity contribution is 0.0699. The fraction of sp³-hybridized carbons (Fsp3) is 0. The number of aromatic carboxylic acids is 1. The molecule has 3 aromatic rings. The first-order valence-corrected chi connectivity index (χ1v) is 7.37. The number of nitrogens with zero attached hydrogens (tertiary/aromatic N) is 1. The highest BCUT2D eigenvalue weighted by molar-refractivity contribution is 14.1. The molecule has 0 aliphatic rings. The fourth-order valence-electron chi connectivity index (χ4n) is 2.21. The molecule has 106 valence electrons. The van der Waals surface area contributed by atoms with Gasteiger partial charge in [0.25, 0.3) is 0 Å². The molecule has 0 aliphatic heterocycles. The van der Waals surface area contributed by atoms with Gasteiger partial charge in [-0.1, -0.05) is 17.7 Å². The number of H-pyrrole nitrogens is 1. The zero-order valence-electron chi connectivity index (χ0n) is 10.4. The van der Waals surface area contributed by atoms with Gasteiger partial charge in [0.2, 0.25) is 0 Å². The van der Waals surface area contributed by atoms with Crippen LogP contribution in [0.2, 0.25) is 5.02 Å². The Labute approximate surface area is 137 Å². The Balaban J connectivity index is 2.39. The molecule has 3 rings (SSSR count). The number of hydrogen-bond donors (Lipinski definition) is 2. The molecule has 2 aromatic carbocycles. The number of carboxylic acids is 1. The van der Waals surface area contributed by atoms with Crippen LogP contribution in [0.1, 0.15) is 10.4 Å². The molecule has 0 saturated carbocycles. The number of para-hydroxylation sites is 1. The number of carbonyl (C=O) groups is 1. The lowest BCUT2D eigenvalue weighted by Crippen LogP contribution is -2.14. The van der Waals surface area contributed by atoms with Crippen LogP contribution in [0.4, 0.5) is 0 Å². The Morgan fingerprint density at radius 3 is 2.71 bits per heavy atom. The number of aromatic nitrogens is 2. The predicted octanol–water partition coefficient (Wildman–Crippen LogP) is 3.28. The van der Waals surface area contributed by atoms with Crippen molar-refractivity contribution in [2.24, 2.45) is 0 Å². The Kier molecular flexibility index (Phi) is 3.50. The van der Waals surface area contributed by atoms with E-state index < -0.39 is 11.7 Å². The van der Waals surface area contributed by atoms with Gasteiger partial charge in [-0.3, -0.25) is 4.57 Å². The number of benzene rings is 2. The maximum absolute atomic E-state index is 12.2. The molecule has 0 spiro atoms. The number of fused-ring (bicyclic) bond motifs is 1. The van der Waals surface area contributed by atoms with Crippen LogP contribution < -0.4 is 5.69 Å². The van der Waals surface area contributed by atoms with Gasteiger partial charge in [0.05, 0.1) is 27.3 Å². The van der Waals surface area contributed by atoms with Crippen LogP contribution in [-0.2, 0) is 0 Å². The van der Waals surface area contributed by atoms with E-state index in [0.717, 1.165) is 3.57 Å². The lowest BCUT2D eigenvalue weighted by atomic mass is 10.2. The third kappa shape index (κ3) is 2.34. The lowest BCUT2D eigenvalue weighted by Gasteiger charge is -2.06. The molecule has 0 aliphatic carbocycles. The molecular weight excluding hydrogens is 407 g/mol. The highest BCUT2D eigenvalue weighted by Crippen LogP contribution is 2.25. The molecule has 1 aromatic heterocycles.